The Kier molecular flexibility index (Phi) is 25.6. The van der Waals surface area contributed by atoms with E-state index in [2.05, 4.69) is 13.8 Å². The Labute approximate surface area is 211 Å². The quantitative estimate of drug-likeness (QED) is 0.0915. The van der Waals surface area contributed by atoms with Gasteiger partial charge < -0.3 is 14.2 Å². The van der Waals surface area contributed by atoms with E-state index in [0.29, 0.717) is 38.6 Å². The number of carbonyl (C=O) groups is 2. The van der Waals surface area contributed by atoms with Crippen molar-refractivity contribution in [3.63, 3.8) is 0 Å². The topological polar surface area (TPSA) is 61.8 Å². The fourth-order valence-corrected chi connectivity index (χ4v) is 4.12. The highest BCUT2D eigenvalue weighted by Gasteiger charge is 2.12. The first kappa shape index (κ1) is 32.9. The van der Waals surface area contributed by atoms with Crippen molar-refractivity contribution in [3.8, 4) is 0 Å². The van der Waals surface area contributed by atoms with Gasteiger partial charge in [-0.15, -0.1) is 0 Å². The fourth-order valence-electron chi connectivity index (χ4n) is 4.12. The van der Waals surface area contributed by atoms with Crippen LogP contribution in [0, 0.1) is 5.92 Å². The monoisotopic (exact) mass is 484 g/mol. The van der Waals surface area contributed by atoms with Crippen molar-refractivity contribution in [3.05, 3.63) is 0 Å². The smallest absolute Gasteiger partial charge is 0.305 e. The summed E-state index contributed by atoms with van der Waals surface area (Å²) in [4.78, 5) is 23.9. The van der Waals surface area contributed by atoms with Gasteiger partial charge in [0.05, 0.1) is 13.2 Å². The summed E-state index contributed by atoms with van der Waals surface area (Å²) < 4.78 is 16.0. The maximum absolute atomic E-state index is 12.0. The summed E-state index contributed by atoms with van der Waals surface area (Å²) in [5.74, 6) is 0.161. The van der Waals surface area contributed by atoms with E-state index in [1.54, 1.807) is 7.11 Å². The lowest BCUT2D eigenvalue weighted by Gasteiger charge is -2.16. The molecule has 0 radical (unpaired) electrons. The Bertz CT molecular complexity index is 452. The number of esters is 2. The normalized spacial score (nSPS) is 12.0. The number of hydrogen-bond acceptors (Lipinski definition) is 5. The first-order valence-corrected chi connectivity index (χ1v) is 14.4. The van der Waals surface area contributed by atoms with Crippen molar-refractivity contribution in [2.45, 2.75) is 142 Å². The Morgan fingerprint density at radius 3 is 1.65 bits per heavy atom. The number of carbonyl (C=O) groups excluding carboxylic acids is 2. The van der Waals surface area contributed by atoms with Crippen LogP contribution in [0.1, 0.15) is 142 Å². The lowest BCUT2D eigenvalue weighted by atomic mass is 9.99. The second kappa shape index (κ2) is 26.5. The molecule has 0 N–H and O–H groups in total. The van der Waals surface area contributed by atoms with Crippen LogP contribution in [-0.4, -0.2) is 38.9 Å². The average Bonchev–Trinajstić information content (AvgIpc) is 2.83. The average molecular weight is 485 g/mol. The third kappa shape index (κ3) is 24.0. The van der Waals surface area contributed by atoms with Crippen LogP contribution < -0.4 is 0 Å². The molecule has 0 saturated carbocycles. The van der Waals surface area contributed by atoms with Crippen LogP contribution in [0.5, 0.6) is 0 Å². The van der Waals surface area contributed by atoms with Crippen LogP contribution in [0.2, 0.25) is 0 Å². The Hall–Kier alpha value is -1.10. The number of unbranched alkanes of at least 4 members (excludes halogenated alkanes) is 13. The van der Waals surface area contributed by atoms with Gasteiger partial charge in [0.1, 0.15) is 0 Å². The van der Waals surface area contributed by atoms with Gasteiger partial charge in [0.25, 0.3) is 0 Å². The molecule has 0 spiro atoms. The van der Waals surface area contributed by atoms with Gasteiger partial charge in [-0.05, 0) is 38.0 Å². The maximum Gasteiger partial charge on any atom is 0.305 e. The first-order chi connectivity index (χ1) is 16.6. The molecule has 0 aromatic carbocycles. The molecular weight excluding hydrogens is 428 g/mol. The molecule has 0 aromatic heterocycles. The third-order valence-corrected chi connectivity index (χ3v) is 6.45. The van der Waals surface area contributed by atoms with Crippen molar-refractivity contribution < 1.29 is 23.8 Å². The van der Waals surface area contributed by atoms with Crippen LogP contribution in [0.15, 0.2) is 0 Å². The van der Waals surface area contributed by atoms with Gasteiger partial charge in [-0.3, -0.25) is 9.59 Å². The minimum Gasteiger partial charge on any atom is -0.466 e. The molecule has 0 saturated heterocycles. The molecular formula is C29H56O5. The van der Waals surface area contributed by atoms with Gasteiger partial charge in [0.2, 0.25) is 0 Å². The molecule has 0 rings (SSSR count). The second-order valence-electron chi connectivity index (χ2n) is 9.79. The molecule has 0 heterocycles. The van der Waals surface area contributed by atoms with Crippen LogP contribution in [0.4, 0.5) is 0 Å². The maximum atomic E-state index is 12.0. The molecule has 0 aliphatic rings. The molecule has 0 aliphatic carbocycles. The van der Waals surface area contributed by atoms with Crippen molar-refractivity contribution in [1.29, 1.82) is 0 Å². The van der Waals surface area contributed by atoms with Crippen molar-refractivity contribution >= 4 is 11.9 Å². The van der Waals surface area contributed by atoms with E-state index in [0.717, 1.165) is 44.9 Å². The van der Waals surface area contributed by atoms with Crippen LogP contribution in [0.3, 0.4) is 0 Å². The van der Waals surface area contributed by atoms with Crippen molar-refractivity contribution in [2.75, 3.05) is 26.9 Å². The van der Waals surface area contributed by atoms with Gasteiger partial charge in [-0.1, -0.05) is 97.3 Å². The third-order valence-electron chi connectivity index (χ3n) is 6.45. The van der Waals surface area contributed by atoms with Gasteiger partial charge in [-0.2, -0.15) is 0 Å². The molecule has 0 aromatic rings. The molecule has 0 fully saturated rings. The summed E-state index contributed by atoms with van der Waals surface area (Å²) in [6.45, 7) is 6.20. The van der Waals surface area contributed by atoms with Crippen molar-refractivity contribution in [2.24, 2.45) is 5.92 Å². The standard InChI is InChI=1S/C29H56O5/c1-4-6-8-9-10-11-12-13-14-19-24-33-28(30)21-17-15-18-22-29(31)34-26-27(23-25-32-3)20-16-7-5-2/h27H,4-26H2,1-3H3. The first-order valence-electron chi connectivity index (χ1n) is 14.4. The number of rotatable bonds is 26. The van der Waals surface area contributed by atoms with E-state index in [9.17, 15) is 9.59 Å². The van der Waals surface area contributed by atoms with Gasteiger partial charge in [0, 0.05) is 26.6 Å². The van der Waals surface area contributed by atoms with Gasteiger partial charge >= 0.3 is 11.9 Å². The van der Waals surface area contributed by atoms with E-state index in [4.69, 9.17) is 14.2 Å². The number of ether oxygens (including phenoxy) is 3. The Morgan fingerprint density at radius 2 is 1.06 bits per heavy atom. The molecule has 0 aliphatic heterocycles. The molecule has 0 bridgehead atoms. The molecule has 1 atom stereocenters. The summed E-state index contributed by atoms with van der Waals surface area (Å²) in [7, 11) is 1.71. The summed E-state index contributed by atoms with van der Waals surface area (Å²) in [5, 5.41) is 0. The molecule has 34 heavy (non-hydrogen) atoms. The minimum absolute atomic E-state index is 0.105. The SMILES string of the molecule is CCCCCCCCCCCCOC(=O)CCCCCC(=O)OCC(CCCCC)CCOC. The van der Waals surface area contributed by atoms with Gasteiger partial charge in [-0.25, -0.2) is 0 Å². The largest absolute Gasteiger partial charge is 0.466 e. The van der Waals surface area contributed by atoms with E-state index in [-0.39, 0.29) is 11.9 Å². The lowest BCUT2D eigenvalue weighted by molar-refractivity contribution is -0.145. The zero-order valence-electron chi connectivity index (χ0n) is 22.9. The van der Waals surface area contributed by atoms with E-state index in [1.165, 1.54) is 70.6 Å². The summed E-state index contributed by atoms with van der Waals surface area (Å²) in [6, 6.07) is 0. The Morgan fingerprint density at radius 1 is 0.559 bits per heavy atom. The highest BCUT2D eigenvalue weighted by atomic mass is 16.5. The lowest BCUT2D eigenvalue weighted by Crippen LogP contribution is -2.16. The van der Waals surface area contributed by atoms with Crippen molar-refractivity contribution in [1.82, 2.24) is 0 Å². The Balaban J connectivity index is 3.56. The summed E-state index contributed by atoms with van der Waals surface area (Å²) in [5.41, 5.74) is 0. The van der Waals surface area contributed by atoms with Crippen LogP contribution in [-0.2, 0) is 23.8 Å². The predicted octanol–water partition coefficient (Wildman–Crippen LogP) is 8.18. The van der Waals surface area contributed by atoms with Crippen LogP contribution >= 0.6 is 0 Å². The molecule has 1 unspecified atom stereocenters. The fraction of sp³-hybridized carbons (Fsp3) is 0.931. The number of hydrogen-bond donors (Lipinski definition) is 0. The predicted molar refractivity (Wildman–Crippen MR) is 141 cm³/mol. The highest BCUT2D eigenvalue weighted by molar-refractivity contribution is 5.69. The van der Waals surface area contributed by atoms with E-state index < -0.39 is 0 Å². The second-order valence-corrected chi connectivity index (χ2v) is 9.79. The van der Waals surface area contributed by atoms with Gasteiger partial charge in [0.15, 0.2) is 0 Å². The summed E-state index contributed by atoms with van der Waals surface area (Å²) in [6.07, 6.45) is 21.7. The number of methoxy groups -OCH3 is 1. The molecule has 202 valence electrons. The summed E-state index contributed by atoms with van der Waals surface area (Å²) >= 11 is 0. The zero-order valence-corrected chi connectivity index (χ0v) is 22.9. The molecule has 0 amide bonds. The van der Waals surface area contributed by atoms with E-state index in [1.807, 2.05) is 0 Å². The van der Waals surface area contributed by atoms with Crippen LogP contribution in [0.25, 0.3) is 0 Å². The minimum atomic E-state index is -0.124. The zero-order chi connectivity index (χ0) is 25.1. The molecule has 5 heteroatoms. The molecule has 5 nitrogen and oxygen atoms in total. The van der Waals surface area contributed by atoms with E-state index >= 15 is 0 Å². The highest BCUT2D eigenvalue weighted by Crippen LogP contribution is 2.16.